The van der Waals surface area contributed by atoms with Crippen molar-refractivity contribution in [1.29, 1.82) is 0 Å². The van der Waals surface area contributed by atoms with Gasteiger partial charge < -0.3 is 24.5 Å². The number of carbonyl (C=O) groups excluding carboxylic acids is 2. The van der Waals surface area contributed by atoms with Crippen LogP contribution in [0.2, 0.25) is 0 Å². The second kappa shape index (κ2) is 10.1. The molecule has 0 aliphatic heterocycles. The van der Waals surface area contributed by atoms with Crippen molar-refractivity contribution in [2.75, 3.05) is 20.2 Å². The number of rotatable bonds is 8. The fourth-order valence-corrected chi connectivity index (χ4v) is 3.97. The molecule has 0 atom stereocenters. The fraction of sp³-hybridized carbons (Fsp3) is 0.192. The molecule has 174 valence electrons. The van der Waals surface area contributed by atoms with Gasteiger partial charge in [0, 0.05) is 25.6 Å². The first-order chi connectivity index (χ1) is 16.4. The molecule has 3 aromatic rings. The first kappa shape index (κ1) is 22.8. The van der Waals surface area contributed by atoms with E-state index in [9.17, 15) is 14.4 Å². The minimum Gasteiger partial charge on any atom is -0.475 e. The summed E-state index contributed by atoms with van der Waals surface area (Å²) in [6.07, 6.45) is 2.28. The Bertz CT molecular complexity index is 1200. The highest BCUT2D eigenvalue weighted by molar-refractivity contribution is 5.87. The number of amides is 2. The SMILES string of the molecule is CN(Cc1ccc(C(=O)O)o1)C(=O)/C=C/CNC(=O)OCC1c2ccccc2-c2ccccc21. The minimum absolute atomic E-state index is 0.0211. The number of benzene rings is 2. The third kappa shape index (κ3) is 5.01. The summed E-state index contributed by atoms with van der Waals surface area (Å²) in [7, 11) is 1.56. The Hall–Kier alpha value is -4.33. The number of carboxylic acids is 1. The summed E-state index contributed by atoms with van der Waals surface area (Å²) < 4.78 is 10.6. The van der Waals surface area contributed by atoms with E-state index < -0.39 is 12.1 Å². The zero-order chi connectivity index (χ0) is 24.1. The lowest BCUT2D eigenvalue weighted by Gasteiger charge is -2.14. The van der Waals surface area contributed by atoms with Crippen molar-refractivity contribution in [2.45, 2.75) is 12.5 Å². The first-order valence-corrected chi connectivity index (χ1v) is 10.8. The molecule has 8 heteroatoms. The third-order valence-electron chi connectivity index (χ3n) is 5.61. The zero-order valence-electron chi connectivity index (χ0n) is 18.6. The highest BCUT2D eigenvalue weighted by atomic mass is 16.5. The lowest BCUT2D eigenvalue weighted by molar-refractivity contribution is -0.125. The van der Waals surface area contributed by atoms with Gasteiger partial charge in [0.05, 0.1) is 6.54 Å². The minimum atomic E-state index is -1.17. The first-order valence-electron chi connectivity index (χ1n) is 10.8. The van der Waals surface area contributed by atoms with E-state index in [1.165, 1.54) is 29.2 Å². The van der Waals surface area contributed by atoms with E-state index in [0.717, 1.165) is 22.3 Å². The Balaban J connectivity index is 1.24. The van der Waals surface area contributed by atoms with Crippen molar-refractivity contribution in [3.63, 3.8) is 0 Å². The van der Waals surface area contributed by atoms with Crippen LogP contribution in [0.3, 0.4) is 0 Å². The molecular weight excluding hydrogens is 436 g/mol. The van der Waals surface area contributed by atoms with E-state index in [0.29, 0.717) is 5.76 Å². The van der Waals surface area contributed by atoms with Crippen molar-refractivity contribution < 1.29 is 28.6 Å². The average Bonchev–Trinajstić information content (AvgIpc) is 3.43. The lowest BCUT2D eigenvalue weighted by atomic mass is 9.98. The van der Waals surface area contributed by atoms with Crippen molar-refractivity contribution >= 4 is 18.0 Å². The van der Waals surface area contributed by atoms with E-state index in [1.807, 2.05) is 24.3 Å². The molecule has 34 heavy (non-hydrogen) atoms. The molecule has 0 saturated heterocycles. The Labute approximate surface area is 196 Å². The van der Waals surface area contributed by atoms with Crippen LogP contribution in [0, 0.1) is 0 Å². The van der Waals surface area contributed by atoms with E-state index in [4.69, 9.17) is 14.3 Å². The molecule has 1 aliphatic carbocycles. The number of hydrogen-bond donors (Lipinski definition) is 2. The molecule has 1 heterocycles. The molecule has 2 aromatic carbocycles. The van der Waals surface area contributed by atoms with Gasteiger partial charge in [0.2, 0.25) is 11.7 Å². The maximum atomic E-state index is 12.2. The van der Waals surface area contributed by atoms with Gasteiger partial charge in [-0.15, -0.1) is 0 Å². The Kier molecular flexibility index (Phi) is 6.77. The lowest BCUT2D eigenvalue weighted by Crippen LogP contribution is -2.27. The van der Waals surface area contributed by atoms with Gasteiger partial charge in [-0.3, -0.25) is 4.79 Å². The molecule has 1 aliphatic rings. The van der Waals surface area contributed by atoms with Gasteiger partial charge >= 0.3 is 12.1 Å². The molecule has 2 amide bonds. The standard InChI is InChI=1S/C26H24N2O6/c1-28(15-17-12-13-23(34-17)25(30)31)24(29)11-6-14-27-26(32)33-16-22-20-9-4-2-7-18(20)19-8-3-5-10-21(19)22/h2-13,22H,14-16H2,1H3,(H,27,32)(H,30,31)/b11-6+. The number of fused-ring (bicyclic) bond motifs is 3. The highest BCUT2D eigenvalue weighted by Gasteiger charge is 2.28. The predicted octanol–water partition coefficient (Wildman–Crippen LogP) is 4.03. The normalized spacial score (nSPS) is 12.3. The quantitative estimate of drug-likeness (QED) is 0.491. The monoisotopic (exact) mass is 460 g/mol. The number of hydrogen-bond acceptors (Lipinski definition) is 5. The van der Waals surface area contributed by atoms with Crippen LogP contribution in [0.25, 0.3) is 11.1 Å². The number of furan rings is 1. The highest BCUT2D eigenvalue weighted by Crippen LogP contribution is 2.44. The van der Waals surface area contributed by atoms with Gasteiger partial charge in [0.15, 0.2) is 0 Å². The molecule has 2 N–H and O–H groups in total. The molecule has 8 nitrogen and oxygen atoms in total. The number of carboxylic acid groups (broad SMARTS) is 1. The number of alkyl carbamates (subject to hydrolysis) is 1. The maximum Gasteiger partial charge on any atom is 0.407 e. The summed E-state index contributed by atoms with van der Waals surface area (Å²) in [6, 6.07) is 19.1. The van der Waals surface area contributed by atoms with E-state index in [2.05, 4.69) is 29.6 Å². The van der Waals surface area contributed by atoms with Crippen LogP contribution in [-0.2, 0) is 16.1 Å². The van der Waals surface area contributed by atoms with E-state index in [-0.39, 0.29) is 37.3 Å². The van der Waals surface area contributed by atoms with Crippen molar-refractivity contribution in [3.8, 4) is 11.1 Å². The smallest absolute Gasteiger partial charge is 0.407 e. The Morgan fingerprint density at radius 2 is 1.68 bits per heavy atom. The number of carbonyl (C=O) groups is 3. The number of nitrogens with one attached hydrogen (secondary N) is 1. The van der Waals surface area contributed by atoms with Crippen molar-refractivity contribution in [2.24, 2.45) is 0 Å². The van der Waals surface area contributed by atoms with Crippen LogP contribution in [0.4, 0.5) is 4.79 Å². The van der Waals surface area contributed by atoms with Gasteiger partial charge in [0.1, 0.15) is 12.4 Å². The summed E-state index contributed by atoms with van der Waals surface area (Å²) >= 11 is 0. The van der Waals surface area contributed by atoms with Crippen LogP contribution < -0.4 is 5.32 Å². The number of likely N-dealkylation sites (N-methyl/N-ethyl adjacent to an activating group) is 1. The van der Waals surface area contributed by atoms with Crippen LogP contribution in [0.5, 0.6) is 0 Å². The maximum absolute atomic E-state index is 12.2. The molecule has 0 saturated carbocycles. The topological polar surface area (TPSA) is 109 Å². The molecule has 0 radical (unpaired) electrons. The molecule has 1 aromatic heterocycles. The van der Waals surface area contributed by atoms with Gasteiger partial charge in [-0.25, -0.2) is 9.59 Å². The fourth-order valence-electron chi connectivity index (χ4n) is 3.97. The Morgan fingerprint density at radius 1 is 1.03 bits per heavy atom. The summed E-state index contributed by atoms with van der Waals surface area (Å²) in [4.78, 5) is 36.6. The molecule has 4 rings (SSSR count). The largest absolute Gasteiger partial charge is 0.475 e. The number of ether oxygens (including phenoxy) is 1. The van der Waals surface area contributed by atoms with E-state index >= 15 is 0 Å². The van der Waals surface area contributed by atoms with Crippen molar-refractivity contribution in [3.05, 3.63) is 95.5 Å². The summed E-state index contributed by atoms with van der Waals surface area (Å²) in [5.41, 5.74) is 4.59. The third-order valence-corrected chi connectivity index (χ3v) is 5.61. The van der Waals surface area contributed by atoms with Gasteiger partial charge in [-0.05, 0) is 34.4 Å². The molecule has 0 bridgehead atoms. The van der Waals surface area contributed by atoms with Crippen LogP contribution in [0.1, 0.15) is 33.4 Å². The summed E-state index contributed by atoms with van der Waals surface area (Å²) in [6.45, 7) is 0.461. The predicted molar refractivity (Wildman–Crippen MR) is 124 cm³/mol. The van der Waals surface area contributed by atoms with E-state index in [1.54, 1.807) is 7.05 Å². The summed E-state index contributed by atoms with van der Waals surface area (Å²) in [5.74, 6) is -1.33. The van der Waals surface area contributed by atoms with Crippen LogP contribution in [-0.4, -0.2) is 48.2 Å². The van der Waals surface area contributed by atoms with Crippen LogP contribution >= 0.6 is 0 Å². The number of aromatic carboxylic acids is 1. The van der Waals surface area contributed by atoms with Gasteiger partial charge in [-0.1, -0.05) is 54.6 Å². The Morgan fingerprint density at radius 3 is 2.29 bits per heavy atom. The summed E-state index contributed by atoms with van der Waals surface area (Å²) in [5, 5.41) is 11.5. The molecule has 0 unspecified atom stereocenters. The second-order valence-corrected chi connectivity index (χ2v) is 7.87. The molecule has 0 spiro atoms. The molecular formula is C26H24N2O6. The van der Waals surface area contributed by atoms with Gasteiger partial charge in [0.25, 0.3) is 0 Å². The average molecular weight is 460 g/mol. The number of nitrogens with zero attached hydrogens (tertiary/aromatic N) is 1. The van der Waals surface area contributed by atoms with Crippen LogP contribution in [0.15, 0.2) is 77.2 Å². The van der Waals surface area contributed by atoms with Gasteiger partial charge in [-0.2, -0.15) is 0 Å². The van der Waals surface area contributed by atoms with Crippen molar-refractivity contribution in [1.82, 2.24) is 10.2 Å². The molecule has 0 fully saturated rings. The second-order valence-electron chi connectivity index (χ2n) is 7.87. The zero-order valence-corrected chi connectivity index (χ0v) is 18.6.